The number of rotatable bonds is 20. The van der Waals surface area contributed by atoms with E-state index in [1.54, 1.807) is 0 Å². The molecule has 0 atom stereocenters. The van der Waals surface area contributed by atoms with Gasteiger partial charge in [0.25, 0.3) is 0 Å². The van der Waals surface area contributed by atoms with E-state index in [-0.39, 0.29) is 19.2 Å². The van der Waals surface area contributed by atoms with E-state index in [0.717, 1.165) is 67.0 Å². The molecule has 242 valence electrons. The van der Waals surface area contributed by atoms with Crippen LogP contribution in [0.25, 0.3) is 0 Å². The van der Waals surface area contributed by atoms with Crippen LogP contribution < -0.4 is 10.6 Å². The number of nitrogens with one attached hydrogen (secondary N) is 2. The number of nitrogens with zero attached hydrogens (tertiary/aromatic N) is 1. The van der Waals surface area contributed by atoms with Gasteiger partial charge in [0.15, 0.2) is 0 Å². The molecule has 0 aliphatic rings. The number of carbonyl (C=O) groups is 3. The summed E-state index contributed by atoms with van der Waals surface area (Å²) in [5.41, 5.74) is 6.47. The van der Waals surface area contributed by atoms with Crippen molar-refractivity contribution in [3.63, 3.8) is 0 Å². The second kappa shape index (κ2) is 21.0. The van der Waals surface area contributed by atoms with Crippen LogP contribution >= 0.6 is 0 Å². The summed E-state index contributed by atoms with van der Waals surface area (Å²) in [6.07, 6.45) is 11.8. The van der Waals surface area contributed by atoms with Crippen LogP contribution in [0.1, 0.15) is 92.0 Å². The number of ether oxygens (including phenoxy) is 2. The lowest BCUT2D eigenvalue weighted by Gasteiger charge is -2.24. The molecule has 0 spiro atoms. The van der Waals surface area contributed by atoms with Gasteiger partial charge in [0.2, 0.25) is 0 Å². The Balaban J connectivity index is 1.56. The molecule has 0 saturated carbocycles. The SMILES string of the molecule is C=CC(=O)OCCNC(=O)N(CCCCCCCCCCCCOC(=O)Nc1cc(C)cc(C)c1)Cc1cc(C)cc(C)c1. The van der Waals surface area contributed by atoms with E-state index in [2.05, 4.69) is 55.3 Å². The van der Waals surface area contributed by atoms with Gasteiger partial charge in [-0.15, -0.1) is 0 Å². The Morgan fingerprint density at radius 1 is 0.705 bits per heavy atom. The maximum atomic E-state index is 12.9. The molecule has 0 bridgehead atoms. The van der Waals surface area contributed by atoms with Gasteiger partial charge < -0.3 is 19.7 Å². The number of hydrogen-bond acceptors (Lipinski definition) is 5. The summed E-state index contributed by atoms with van der Waals surface area (Å²) in [4.78, 5) is 38.0. The molecule has 0 fully saturated rings. The third-order valence-corrected chi connectivity index (χ3v) is 7.26. The molecular weight excluding hydrogens is 554 g/mol. The number of amides is 3. The first-order chi connectivity index (χ1) is 21.2. The Morgan fingerprint density at radius 2 is 1.23 bits per heavy atom. The van der Waals surface area contributed by atoms with E-state index in [1.165, 1.54) is 36.8 Å². The molecule has 0 heterocycles. The summed E-state index contributed by atoms with van der Waals surface area (Å²) >= 11 is 0. The number of carbonyl (C=O) groups excluding carboxylic acids is 3. The van der Waals surface area contributed by atoms with Crippen LogP contribution in [0, 0.1) is 27.7 Å². The molecule has 3 amide bonds. The van der Waals surface area contributed by atoms with Gasteiger partial charge in [-0.05, 0) is 69.4 Å². The number of unbranched alkanes of at least 4 members (excludes halogenated alkanes) is 9. The lowest BCUT2D eigenvalue weighted by molar-refractivity contribution is -0.137. The Bertz CT molecular complexity index is 1160. The lowest BCUT2D eigenvalue weighted by atomic mass is 10.1. The van der Waals surface area contributed by atoms with E-state index in [0.29, 0.717) is 19.7 Å². The average Bonchev–Trinajstić information content (AvgIpc) is 2.95. The van der Waals surface area contributed by atoms with Crippen LogP contribution in [-0.4, -0.2) is 49.3 Å². The Hall–Kier alpha value is -3.81. The summed E-state index contributed by atoms with van der Waals surface area (Å²) < 4.78 is 10.3. The third-order valence-electron chi connectivity index (χ3n) is 7.26. The minimum Gasteiger partial charge on any atom is -0.461 e. The minimum atomic E-state index is -0.494. The van der Waals surface area contributed by atoms with Crippen LogP contribution in [0.5, 0.6) is 0 Å². The van der Waals surface area contributed by atoms with Crippen molar-refractivity contribution in [2.24, 2.45) is 0 Å². The molecule has 2 aromatic rings. The molecule has 8 heteroatoms. The van der Waals surface area contributed by atoms with Gasteiger partial charge in [-0.1, -0.05) is 93.3 Å². The van der Waals surface area contributed by atoms with E-state index in [4.69, 9.17) is 9.47 Å². The van der Waals surface area contributed by atoms with Crippen molar-refractivity contribution in [1.29, 1.82) is 0 Å². The number of esters is 1. The Morgan fingerprint density at radius 3 is 1.80 bits per heavy atom. The maximum absolute atomic E-state index is 12.9. The number of anilines is 1. The molecule has 44 heavy (non-hydrogen) atoms. The van der Waals surface area contributed by atoms with Crippen LogP contribution in [0.2, 0.25) is 0 Å². The van der Waals surface area contributed by atoms with Crippen LogP contribution in [0.3, 0.4) is 0 Å². The number of urea groups is 1. The van der Waals surface area contributed by atoms with Crippen molar-refractivity contribution < 1.29 is 23.9 Å². The van der Waals surface area contributed by atoms with Gasteiger partial charge in [-0.25, -0.2) is 14.4 Å². The van der Waals surface area contributed by atoms with Crippen molar-refractivity contribution in [2.75, 3.05) is 31.6 Å². The van der Waals surface area contributed by atoms with Gasteiger partial charge in [0, 0.05) is 24.9 Å². The van der Waals surface area contributed by atoms with E-state index in [1.807, 2.05) is 30.9 Å². The third kappa shape index (κ3) is 16.1. The van der Waals surface area contributed by atoms with Gasteiger partial charge >= 0.3 is 18.1 Å². The fourth-order valence-electron chi connectivity index (χ4n) is 5.30. The van der Waals surface area contributed by atoms with Gasteiger partial charge in [0.05, 0.1) is 13.2 Å². The topological polar surface area (TPSA) is 97.0 Å². The van der Waals surface area contributed by atoms with Crippen molar-refractivity contribution in [1.82, 2.24) is 10.2 Å². The molecular formula is C36H53N3O5. The monoisotopic (exact) mass is 607 g/mol. The normalized spacial score (nSPS) is 10.6. The van der Waals surface area contributed by atoms with Crippen molar-refractivity contribution in [3.8, 4) is 0 Å². The van der Waals surface area contributed by atoms with Crippen LogP contribution in [0.15, 0.2) is 49.1 Å². The second-order valence-corrected chi connectivity index (χ2v) is 11.7. The second-order valence-electron chi connectivity index (χ2n) is 11.7. The predicted molar refractivity (Wildman–Crippen MR) is 178 cm³/mol. The zero-order chi connectivity index (χ0) is 32.2. The summed E-state index contributed by atoms with van der Waals surface area (Å²) in [6.45, 7) is 13.6. The fraction of sp³-hybridized carbons (Fsp3) is 0.528. The minimum absolute atomic E-state index is 0.118. The first kappa shape index (κ1) is 36.4. The summed E-state index contributed by atoms with van der Waals surface area (Å²) in [6, 6.07) is 12.2. The highest BCUT2D eigenvalue weighted by molar-refractivity contribution is 5.84. The molecule has 8 nitrogen and oxygen atoms in total. The molecule has 0 aliphatic carbocycles. The van der Waals surface area contributed by atoms with Crippen LogP contribution in [0.4, 0.5) is 15.3 Å². The van der Waals surface area contributed by atoms with Crippen molar-refractivity contribution >= 4 is 23.8 Å². The maximum Gasteiger partial charge on any atom is 0.411 e. The molecule has 0 unspecified atom stereocenters. The average molecular weight is 608 g/mol. The molecule has 0 saturated heterocycles. The highest BCUT2D eigenvalue weighted by Gasteiger charge is 2.14. The zero-order valence-electron chi connectivity index (χ0n) is 27.3. The first-order valence-electron chi connectivity index (χ1n) is 16.1. The summed E-state index contributed by atoms with van der Waals surface area (Å²) in [5, 5.41) is 5.68. The first-order valence-corrected chi connectivity index (χ1v) is 16.1. The van der Waals surface area contributed by atoms with Crippen LogP contribution in [-0.2, 0) is 20.8 Å². The summed E-state index contributed by atoms with van der Waals surface area (Å²) in [7, 11) is 0. The standard InChI is InChI=1S/C36H53N3O5/c1-6-34(40)43-20-17-37-35(41)39(27-32-23-28(2)21-29(3)24-32)18-15-13-11-9-7-8-10-12-14-16-19-44-36(42)38-33-25-30(4)22-31(5)26-33/h6,21-26H,1,7-20,27H2,2-5H3,(H,37,41)(H,38,42). The Labute approximate surface area is 264 Å². The fourth-order valence-corrected chi connectivity index (χ4v) is 5.30. The largest absolute Gasteiger partial charge is 0.461 e. The van der Waals surface area contributed by atoms with E-state index < -0.39 is 12.1 Å². The lowest BCUT2D eigenvalue weighted by Crippen LogP contribution is -2.41. The summed E-state index contributed by atoms with van der Waals surface area (Å²) in [5.74, 6) is -0.494. The van der Waals surface area contributed by atoms with Gasteiger partial charge in [-0.2, -0.15) is 0 Å². The zero-order valence-corrected chi connectivity index (χ0v) is 27.3. The molecule has 2 N–H and O–H groups in total. The van der Waals surface area contributed by atoms with Gasteiger partial charge in [0.1, 0.15) is 6.61 Å². The highest BCUT2D eigenvalue weighted by atomic mass is 16.5. The Kier molecular flexibility index (Phi) is 17.4. The number of aryl methyl sites for hydroxylation is 4. The smallest absolute Gasteiger partial charge is 0.411 e. The highest BCUT2D eigenvalue weighted by Crippen LogP contribution is 2.16. The molecule has 0 aliphatic heterocycles. The quantitative estimate of drug-likeness (QED) is 0.0896. The van der Waals surface area contributed by atoms with Crippen molar-refractivity contribution in [2.45, 2.75) is 98.4 Å². The number of hydrogen-bond donors (Lipinski definition) is 2. The molecule has 2 aromatic carbocycles. The van der Waals surface area contributed by atoms with E-state index in [9.17, 15) is 14.4 Å². The number of benzene rings is 2. The van der Waals surface area contributed by atoms with Crippen molar-refractivity contribution in [3.05, 3.63) is 76.9 Å². The van der Waals surface area contributed by atoms with Gasteiger partial charge in [-0.3, -0.25) is 5.32 Å². The predicted octanol–water partition coefficient (Wildman–Crippen LogP) is 8.31. The molecule has 0 aromatic heterocycles. The molecule has 0 radical (unpaired) electrons. The van der Waals surface area contributed by atoms with E-state index >= 15 is 0 Å². The molecule has 2 rings (SSSR count).